The van der Waals surface area contributed by atoms with Crippen LogP contribution in [0.3, 0.4) is 0 Å². The highest BCUT2D eigenvalue weighted by Crippen LogP contribution is 1.96. The van der Waals surface area contributed by atoms with E-state index in [9.17, 15) is 4.79 Å². The molecule has 0 aliphatic carbocycles. The minimum Gasteiger partial charge on any atom is -0.271 e. The van der Waals surface area contributed by atoms with Crippen molar-refractivity contribution in [3.05, 3.63) is 0 Å². The molecule has 48 valence electrons. The fraction of sp³-hybridized carbons (Fsp3) is 0.333. The van der Waals surface area contributed by atoms with E-state index < -0.39 is 0 Å². The lowest BCUT2D eigenvalue weighted by Crippen LogP contribution is -2.43. The normalized spacial score (nSPS) is 19.0. The lowest BCUT2D eigenvalue weighted by molar-refractivity contribution is -0.126. The van der Waals surface area contributed by atoms with Gasteiger partial charge in [0.1, 0.15) is 6.54 Å². The largest absolute Gasteiger partial charge is 0.271 e. The van der Waals surface area contributed by atoms with Crippen LogP contribution >= 0.6 is 12.2 Å². The van der Waals surface area contributed by atoms with Gasteiger partial charge in [-0.1, -0.05) is 0 Å². The molecule has 1 amide bonds. The number of carbonyl (C=O) groups excluding carboxylic acids is 1. The molecule has 0 radical (unpaired) electrons. The molecule has 0 atom stereocenters. The predicted octanol–water partition coefficient (Wildman–Crippen LogP) is -0.561. The number of hydrogen-bond acceptors (Lipinski definition) is 4. The molecule has 1 aliphatic heterocycles. The van der Waals surface area contributed by atoms with Crippen molar-refractivity contribution in [2.24, 2.45) is 16.1 Å². The van der Waals surface area contributed by atoms with Gasteiger partial charge >= 0.3 is 0 Å². The molecule has 5 nitrogen and oxygen atoms in total. The Balaban J connectivity index is 2.81. The van der Waals surface area contributed by atoms with Crippen LogP contribution in [0.5, 0.6) is 0 Å². The van der Waals surface area contributed by atoms with Crippen LogP contribution in [0.15, 0.2) is 10.2 Å². The summed E-state index contributed by atoms with van der Waals surface area (Å²) in [6.07, 6.45) is 0. The zero-order valence-corrected chi connectivity index (χ0v) is 5.26. The van der Waals surface area contributed by atoms with Gasteiger partial charge in [-0.25, -0.2) is 10.9 Å². The highest BCUT2D eigenvalue weighted by atomic mass is 32.1. The summed E-state index contributed by atoms with van der Waals surface area (Å²) in [5.41, 5.74) is 0. The molecule has 0 bridgehead atoms. The summed E-state index contributed by atoms with van der Waals surface area (Å²) in [5.74, 6) is 4.79. The molecule has 0 saturated heterocycles. The van der Waals surface area contributed by atoms with E-state index in [2.05, 4.69) is 22.4 Å². The van der Waals surface area contributed by atoms with Crippen LogP contribution in [0.2, 0.25) is 0 Å². The number of amides is 1. The SMILES string of the molecule is NN1C(=O)CN=NC1=S. The standard InChI is InChI=1S/C3H4N4OS/c4-7-2(8)1-5-6-3(7)9/h1,4H2. The number of thiocarbonyl (C=S) groups is 1. The molecule has 1 rings (SSSR count). The molecule has 0 aromatic rings. The van der Waals surface area contributed by atoms with Gasteiger partial charge in [-0.15, -0.1) is 5.11 Å². The number of carbonyl (C=O) groups is 1. The first-order valence-corrected chi connectivity index (χ1v) is 2.62. The van der Waals surface area contributed by atoms with Crippen molar-refractivity contribution in [2.75, 3.05) is 6.54 Å². The van der Waals surface area contributed by atoms with Gasteiger partial charge in [-0.3, -0.25) is 4.79 Å². The molecule has 0 saturated carbocycles. The van der Waals surface area contributed by atoms with Gasteiger partial charge in [0.2, 0.25) is 5.11 Å². The van der Waals surface area contributed by atoms with Gasteiger partial charge in [0.25, 0.3) is 5.91 Å². The number of rotatable bonds is 0. The van der Waals surface area contributed by atoms with Crippen LogP contribution in [0.25, 0.3) is 0 Å². The maximum Gasteiger partial charge on any atom is 0.266 e. The van der Waals surface area contributed by atoms with E-state index in [1.165, 1.54) is 0 Å². The minimum absolute atomic E-state index is 0.00333. The van der Waals surface area contributed by atoms with E-state index >= 15 is 0 Å². The first kappa shape index (κ1) is 6.24. The van der Waals surface area contributed by atoms with Gasteiger partial charge in [-0.2, -0.15) is 5.11 Å². The third kappa shape index (κ3) is 1.08. The third-order valence-corrected chi connectivity index (χ3v) is 1.12. The van der Waals surface area contributed by atoms with E-state index in [0.29, 0.717) is 0 Å². The van der Waals surface area contributed by atoms with Crippen LogP contribution in [-0.2, 0) is 4.79 Å². The predicted molar refractivity (Wildman–Crippen MR) is 33.4 cm³/mol. The summed E-state index contributed by atoms with van der Waals surface area (Å²) in [7, 11) is 0. The smallest absolute Gasteiger partial charge is 0.266 e. The van der Waals surface area contributed by atoms with Crippen molar-refractivity contribution in [3.8, 4) is 0 Å². The Morgan fingerprint density at radius 1 is 1.78 bits per heavy atom. The lowest BCUT2D eigenvalue weighted by atomic mass is 10.6. The fourth-order valence-corrected chi connectivity index (χ4v) is 0.547. The molecule has 2 N–H and O–H groups in total. The van der Waals surface area contributed by atoms with E-state index in [0.717, 1.165) is 5.01 Å². The molecular weight excluding hydrogens is 140 g/mol. The molecule has 0 aromatic carbocycles. The van der Waals surface area contributed by atoms with Crippen LogP contribution in [0.1, 0.15) is 0 Å². The maximum absolute atomic E-state index is 10.6. The van der Waals surface area contributed by atoms with Crippen molar-refractivity contribution >= 4 is 23.2 Å². The molecular formula is C3H4N4OS. The van der Waals surface area contributed by atoms with Crippen LogP contribution in [-0.4, -0.2) is 22.6 Å². The van der Waals surface area contributed by atoms with Gasteiger partial charge in [-0.05, 0) is 12.2 Å². The summed E-state index contributed by atoms with van der Waals surface area (Å²) in [6, 6.07) is 0. The molecule has 9 heavy (non-hydrogen) atoms. The van der Waals surface area contributed by atoms with E-state index in [1.54, 1.807) is 0 Å². The topological polar surface area (TPSA) is 71.0 Å². The first-order chi connectivity index (χ1) is 4.22. The van der Waals surface area contributed by atoms with E-state index in [1.807, 2.05) is 0 Å². The Labute approximate surface area is 56.5 Å². The summed E-state index contributed by atoms with van der Waals surface area (Å²) in [5, 5.41) is 7.63. The molecule has 6 heteroatoms. The Morgan fingerprint density at radius 3 is 2.89 bits per heavy atom. The second-order valence-corrected chi connectivity index (χ2v) is 1.81. The number of nitrogens with two attached hydrogens (primary N) is 1. The third-order valence-electron chi connectivity index (χ3n) is 0.837. The fourth-order valence-electron chi connectivity index (χ4n) is 0.387. The van der Waals surface area contributed by atoms with Crippen LogP contribution in [0, 0.1) is 0 Å². The monoisotopic (exact) mass is 144 g/mol. The van der Waals surface area contributed by atoms with Crippen molar-refractivity contribution in [1.82, 2.24) is 5.01 Å². The van der Waals surface area contributed by atoms with E-state index in [4.69, 9.17) is 5.84 Å². The minimum atomic E-state index is -0.324. The number of nitrogens with zero attached hydrogens (tertiary/aromatic N) is 3. The molecule has 0 fully saturated rings. The lowest BCUT2D eigenvalue weighted by Gasteiger charge is -2.14. The van der Waals surface area contributed by atoms with Gasteiger partial charge in [0, 0.05) is 0 Å². The molecule has 1 aliphatic rings. The second-order valence-electron chi connectivity index (χ2n) is 1.45. The van der Waals surface area contributed by atoms with Gasteiger partial charge in [0.15, 0.2) is 0 Å². The Hall–Kier alpha value is -0.880. The van der Waals surface area contributed by atoms with Crippen LogP contribution in [0.4, 0.5) is 0 Å². The number of hydrogen-bond donors (Lipinski definition) is 1. The van der Waals surface area contributed by atoms with Gasteiger partial charge < -0.3 is 0 Å². The van der Waals surface area contributed by atoms with Crippen molar-refractivity contribution in [3.63, 3.8) is 0 Å². The van der Waals surface area contributed by atoms with E-state index in [-0.39, 0.29) is 17.6 Å². The Kier molecular flexibility index (Phi) is 1.50. The van der Waals surface area contributed by atoms with Crippen molar-refractivity contribution in [1.29, 1.82) is 0 Å². The van der Waals surface area contributed by atoms with Crippen LogP contribution < -0.4 is 5.84 Å². The Morgan fingerprint density at radius 2 is 2.44 bits per heavy atom. The molecule has 0 aromatic heterocycles. The zero-order chi connectivity index (χ0) is 6.85. The number of azo groups is 1. The number of hydrazine groups is 1. The van der Waals surface area contributed by atoms with Gasteiger partial charge in [0.05, 0.1) is 0 Å². The Bertz CT molecular complexity index is 188. The average molecular weight is 144 g/mol. The average Bonchev–Trinajstić information content (AvgIpc) is 1.83. The highest BCUT2D eigenvalue weighted by molar-refractivity contribution is 7.80. The van der Waals surface area contributed by atoms with Crippen molar-refractivity contribution < 1.29 is 4.79 Å². The maximum atomic E-state index is 10.6. The highest BCUT2D eigenvalue weighted by Gasteiger charge is 2.16. The molecule has 0 unspecified atom stereocenters. The first-order valence-electron chi connectivity index (χ1n) is 2.21. The molecule has 0 spiro atoms. The molecule has 1 heterocycles. The second kappa shape index (κ2) is 2.16. The summed E-state index contributed by atoms with van der Waals surface area (Å²) in [4.78, 5) is 10.6. The quantitative estimate of drug-likeness (QED) is 0.281. The summed E-state index contributed by atoms with van der Waals surface area (Å²) < 4.78 is 0. The zero-order valence-electron chi connectivity index (χ0n) is 4.44. The van der Waals surface area contributed by atoms with Crippen molar-refractivity contribution in [2.45, 2.75) is 0 Å². The summed E-state index contributed by atoms with van der Waals surface area (Å²) in [6.45, 7) is -0.00333. The summed E-state index contributed by atoms with van der Waals surface area (Å²) >= 11 is 4.53.